The zero-order valence-electron chi connectivity index (χ0n) is 15.6. The van der Waals surface area contributed by atoms with Gasteiger partial charge >= 0.3 is 0 Å². The van der Waals surface area contributed by atoms with E-state index in [1.165, 1.54) is 35.6 Å². The molecule has 2 aromatic heterocycles. The number of halogens is 2. The van der Waals surface area contributed by atoms with Gasteiger partial charge in [-0.25, -0.2) is 13.8 Å². The molecular formula is C19H18F2N6OS. The van der Waals surface area contributed by atoms with Crippen molar-refractivity contribution in [1.29, 1.82) is 0 Å². The van der Waals surface area contributed by atoms with Crippen LogP contribution in [0, 0.1) is 5.82 Å². The second-order valence-corrected chi connectivity index (χ2v) is 8.09. The summed E-state index contributed by atoms with van der Waals surface area (Å²) in [6.45, 7) is 3.68. The van der Waals surface area contributed by atoms with Gasteiger partial charge in [-0.2, -0.15) is 0 Å². The topological polar surface area (TPSA) is 67.2 Å². The van der Waals surface area contributed by atoms with Crippen LogP contribution in [0.2, 0.25) is 0 Å². The summed E-state index contributed by atoms with van der Waals surface area (Å²) in [6.07, 6.45) is -0.786. The number of rotatable bonds is 3. The maximum atomic E-state index is 13.2. The van der Waals surface area contributed by atoms with Gasteiger partial charge in [0.05, 0.1) is 19.1 Å². The first-order valence-corrected chi connectivity index (χ1v) is 10.2. The third kappa shape index (κ3) is 3.07. The summed E-state index contributed by atoms with van der Waals surface area (Å²) < 4.78 is 28.2. The first-order valence-electron chi connectivity index (χ1n) is 9.36. The highest BCUT2D eigenvalue weighted by atomic mass is 32.1. The van der Waals surface area contributed by atoms with Crippen molar-refractivity contribution in [1.82, 2.24) is 24.6 Å². The van der Waals surface area contributed by atoms with E-state index < -0.39 is 6.17 Å². The molecular weight excluding hydrogens is 398 g/mol. The molecule has 1 amide bonds. The molecule has 1 fully saturated rings. The normalized spacial score (nSPS) is 19.2. The SMILES string of the molecule is C[C@@H]1c2nnc(-c3nc(N4CC(F)C4)cs3)n2CCN1C(=O)c1ccc(F)cc1. The number of amides is 1. The molecule has 0 radical (unpaired) electrons. The monoisotopic (exact) mass is 416 g/mol. The van der Waals surface area contributed by atoms with Crippen molar-refractivity contribution >= 4 is 23.1 Å². The average molecular weight is 416 g/mol. The molecule has 150 valence electrons. The molecule has 0 aliphatic carbocycles. The van der Waals surface area contributed by atoms with Crippen LogP contribution in [0.4, 0.5) is 14.6 Å². The van der Waals surface area contributed by atoms with Crippen LogP contribution in [0.1, 0.15) is 29.1 Å². The van der Waals surface area contributed by atoms with Crippen molar-refractivity contribution in [2.24, 2.45) is 0 Å². The molecule has 29 heavy (non-hydrogen) atoms. The third-order valence-corrected chi connectivity index (χ3v) is 6.21. The molecule has 3 aromatic rings. The second-order valence-electron chi connectivity index (χ2n) is 7.23. The number of benzene rings is 1. The lowest BCUT2D eigenvalue weighted by Crippen LogP contribution is -2.48. The summed E-state index contributed by atoms with van der Waals surface area (Å²) in [4.78, 5) is 21.1. The number of alkyl halides is 1. The van der Waals surface area contributed by atoms with Gasteiger partial charge in [-0.1, -0.05) is 0 Å². The molecule has 10 heteroatoms. The predicted molar refractivity (Wildman–Crippen MR) is 104 cm³/mol. The Morgan fingerprint density at radius 1 is 1.17 bits per heavy atom. The lowest BCUT2D eigenvalue weighted by Gasteiger charge is -2.34. The van der Waals surface area contributed by atoms with Gasteiger partial charge in [0, 0.05) is 24.0 Å². The molecule has 2 aliphatic heterocycles. The smallest absolute Gasteiger partial charge is 0.254 e. The van der Waals surface area contributed by atoms with Gasteiger partial charge in [0.15, 0.2) is 16.7 Å². The lowest BCUT2D eigenvalue weighted by atomic mass is 10.1. The number of carbonyl (C=O) groups is 1. The molecule has 0 unspecified atom stereocenters. The molecule has 0 N–H and O–H groups in total. The highest BCUT2D eigenvalue weighted by Crippen LogP contribution is 2.33. The van der Waals surface area contributed by atoms with E-state index in [2.05, 4.69) is 15.2 Å². The summed E-state index contributed by atoms with van der Waals surface area (Å²) >= 11 is 1.45. The van der Waals surface area contributed by atoms with Gasteiger partial charge < -0.3 is 14.4 Å². The second kappa shape index (κ2) is 6.87. The van der Waals surface area contributed by atoms with Crippen molar-refractivity contribution in [2.45, 2.75) is 25.7 Å². The largest absolute Gasteiger partial charge is 0.350 e. The summed E-state index contributed by atoms with van der Waals surface area (Å²) in [5, 5.41) is 11.2. The number of anilines is 1. The minimum atomic E-state index is -0.786. The number of fused-ring (bicyclic) bond motifs is 1. The molecule has 7 nitrogen and oxygen atoms in total. The first-order chi connectivity index (χ1) is 14.0. The Balaban J connectivity index is 1.38. The summed E-state index contributed by atoms with van der Waals surface area (Å²) in [5.74, 6) is 1.57. The van der Waals surface area contributed by atoms with Crippen LogP contribution in [0.15, 0.2) is 29.6 Å². The van der Waals surface area contributed by atoms with E-state index >= 15 is 0 Å². The lowest BCUT2D eigenvalue weighted by molar-refractivity contribution is 0.0638. The van der Waals surface area contributed by atoms with Crippen molar-refractivity contribution in [3.05, 3.63) is 46.9 Å². The van der Waals surface area contributed by atoms with Gasteiger partial charge in [-0.05, 0) is 31.2 Å². The van der Waals surface area contributed by atoms with E-state index in [0.717, 1.165) is 10.8 Å². The molecule has 1 aromatic carbocycles. The molecule has 0 spiro atoms. The number of hydrogen-bond acceptors (Lipinski definition) is 6. The molecule has 5 rings (SSSR count). The molecule has 1 saturated heterocycles. The first kappa shape index (κ1) is 18.2. The van der Waals surface area contributed by atoms with Crippen LogP contribution >= 0.6 is 11.3 Å². The Hall–Kier alpha value is -2.88. The van der Waals surface area contributed by atoms with E-state index in [9.17, 15) is 13.6 Å². The Kier molecular flexibility index (Phi) is 4.30. The zero-order chi connectivity index (χ0) is 20.1. The Morgan fingerprint density at radius 2 is 1.93 bits per heavy atom. The number of thiazole rings is 1. The minimum Gasteiger partial charge on any atom is -0.350 e. The van der Waals surface area contributed by atoms with Gasteiger partial charge in [0.25, 0.3) is 5.91 Å². The number of nitrogens with zero attached hydrogens (tertiary/aromatic N) is 6. The Morgan fingerprint density at radius 3 is 2.66 bits per heavy atom. The molecule has 2 aliphatic rings. The van der Waals surface area contributed by atoms with Crippen molar-refractivity contribution < 1.29 is 13.6 Å². The maximum absolute atomic E-state index is 13.2. The average Bonchev–Trinajstić information content (AvgIpc) is 3.33. The number of hydrogen-bond donors (Lipinski definition) is 0. The van der Waals surface area contributed by atoms with Gasteiger partial charge in [0.2, 0.25) is 0 Å². The Bertz CT molecular complexity index is 1060. The minimum absolute atomic E-state index is 0.164. The van der Waals surface area contributed by atoms with Crippen LogP contribution < -0.4 is 4.90 Å². The maximum Gasteiger partial charge on any atom is 0.254 e. The van der Waals surface area contributed by atoms with Crippen LogP contribution in [-0.4, -0.2) is 56.4 Å². The van der Waals surface area contributed by atoms with E-state index in [4.69, 9.17) is 0 Å². The molecule has 4 heterocycles. The fourth-order valence-electron chi connectivity index (χ4n) is 3.70. The fourth-order valence-corrected chi connectivity index (χ4v) is 4.53. The predicted octanol–water partition coefficient (Wildman–Crippen LogP) is 2.92. The van der Waals surface area contributed by atoms with Crippen molar-refractivity contribution in [3.63, 3.8) is 0 Å². The van der Waals surface area contributed by atoms with Crippen LogP contribution in [0.3, 0.4) is 0 Å². The van der Waals surface area contributed by atoms with Crippen LogP contribution in [0.25, 0.3) is 10.8 Å². The third-order valence-electron chi connectivity index (χ3n) is 5.38. The standard InChI is InChI=1S/C19H18F2N6OS/c1-11-16-23-24-17(18-22-15(10-29-18)25-8-14(21)9-25)27(16)7-6-26(11)19(28)12-2-4-13(20)5-3-12/h2-5,10-11,14H,6-9H2,1H3/t11-/m1/s1. The van der Waals surface area contributed by atoms with Crippen LogP contribution in [-0.2, 0) is 6.54 Å². The summed E-state index contributed by atoms with van der Waals surface area (Å²) in [7, 11) is 0. The fraction of sp³-hybridized carbons (Fsp3) is 0.368. The summed E-state index contributed by atoms with van der Waals surface area (Å²) in [5.41, 5.74) is 0.441. The van der Waals surface area contributed by atoms with Gasteiger partial charge in [0.1, 0.15) is 17.8 Å². The number of aromatic nitrogens is 4. The van der Waals surface area contributed by atoms with E-state index in [-0.39, 0.29) is 17.8 Å². The van der Waals surface area contributed by atoms with Gasteiger partial charge in [-0.3, -0.25) is 4.79 Å². The highest BCUT2D eigenvalue weighted by Gasteiger charge is 2.33. The zero-order valence-corrected chi connectivity index (χ0v) is 16.4. The number of carbonyl (C=O) groups excluding carboxylic acids is 1. The van der Waals surface area contributed by atoms with Crippen molar-refractivity contribution in [2.75, 3.05) is 24.5 Å². The Labute approximate surface area is 169 Å². The summed E-state index contributed by atoms with van der Waals surface area (Å²) in [6, 6.07) is 5.27. The van der Waals surface area contributed by atoms with E-state index in [1.54, 1.807) is 4.90 Å². The van der Waals surface area contributed by atoms with Gasteiger partial charge in [-0.15, -0.1) is 21.5 Å². The quantitative estimate of drug-likeness (QED) is 0.657. The van der Waals surface area contributed by atoms with Crippen molar-refractivity contribution in [3.8, 4) is 10.8 Å². The molecule has 1 atom stereocenters. The van der Waals surface area contributed by atoms with E-state index in [1.807, 2.05) is 21.8 Å². The molecule has 0 saturated carbocycles. The van der Waals surface area contributed by atoms with E-state index in [0.29, 0.717) is 43.4 Å². The molecule has 0 bridgehead atoms. The highest BCUT2D eigenvalue weighted by molar-refractivity contribution is 7.13. The van der Waals surface area contributed by atoms with Crippen LogP contribution in [0.5, 0.6) is 0 Å².